The molecule has 0 N–H and O–H groups in total. The van der Waals surface area contributed by atoms with Crippen LogP contribution in [0.25, 0.3) is 10.9 Å². The van der Waals surface area contributed by atoms with Gasteiger partial charge in [-0.25, -0.2) is 13.2 Å². The van der Waals surface area contributed by atoms with Crippen molar-refractivity contribution in [3.63, 3.8) is 0 Å². The third kappa shape index (κ3) is 3.46. The lowest BCUT2D eigenvalue weighted by atomic mass is 10.1. The Balaban J connectivity index is 2.03. The summed E-state index contributed by atoms with van der Waals surface area (Å²) in [7, 11) is -2.29. The third-order valence-corrected chi connectivity index (χ3v) is 7.55. The maximum Gasteiger partial charge on any atom is 0.343 e. The molecule has 1 aromatic carbocycles. The van der Waals surface area contributed by atoms with Gasteiger partial charge in [0.15, 0.2) is 11.7 Å². The van der Waals surface area contributed by atoms with Crippen LogP contribution in [-0.2, 0) is 21.6 Å². The number of ether oxygens (including phenoxy) is 2. The monoisotopic (exact) mass is 469 g/mol. The van der Waals surface area contributed by atoms with Crippen LogP contribution in [-0.4, -0.2) is 69.1 Å². The molecule has 0 amide bonds. The molecule has 2 aromatic rings. The first-order valence-corrected chi connectivity index (χ1v) is 12.1. The number of anilines is 1. The second-order valence-electron chi connectivity index (χ2n) is 7.55. The normalized spacial score (nSPS) is 18.1. The Labute approximate surface area is 185 Å². The van der Waals surface area contributed by atoms with E-state index in [4.69, 9.17) is 21.1 Å². The SMILES string of the molecule is CCOC(=O)c1cn(C)c2c(Cl)c(N3CCN(CC)CC3)c3c(c2c1=O)S(=O)(=O)CO3. The number of pyridine rings is 1. The standard InChI is InChI=1S/C20H24ClN3O6S/c1-4-23-6-8-24(9-7-23)16-14(21)15-13(19-18(16)30-11-31(19,27)28)17(25)12(10-22(15)3)20(26)29-5-2/h10H,4-9,11H2,1-3H3. The van der Waals surface area contributed by atoms with E-state index in [-0.39, 0.29) is 38.7 Å². The van der Waals surface area contributed by atoms with Crippen LogP contribution >= 0.6 is 11.6 Å². The molecule has 9 nitrogen and oxygen atoms in total. The molecule has 0 aliphatic carbocycles. The number of benzene rings is 1. The fourth-order valence-electron chi connectivity index (χ4n) is 4.19. The Hall–Kier alpha value is -2.30. The Kier molecular flexibility index (Phi) is 5.65. The minimum Gasteiger partial charge on any atom is -0.474 e. The maximum absolute atomic E-state index is 13.3. The predicted molar refractivity (Wildman–Crippen MR) is 117 cm³/mol. The van der Waals surface area contributed by atoms with E-state index in [0.717, 1.165) is 19.6 Å². The van der Waals surface area contributed by atoms with Crippen LogP contribution in [0.15, 0.2) is 15.9 Å². The number of fused-ring (bicyclic) bond motifs is 3. The van der Waals surface area contributed by atoms with Gasteiger partial charge in [-0.15, -0.1) is 0 Å². The summed E-state index contributed by atoms with van der Waals surface area (Å²) in [6.45, 7) is 7.61. The molecule has 0 unspecified atom stereocenters. The fraction of sp³-hybridized carbons (Fsp3) is 0.500. The zero-order valence-corrected chi connectivity index (χ0v) is 19.2. The number of hydrogen-bond donors (Lipinski definition) is 0. The molecule has 3 heterocycles. The first-order chi connectivity index (χ1) is 14.7. The molecule has 2 aliphatic rings. The Morgan fingerprint density at radius 1 is 1.23 bits per heavy atom. The van der Waals surface area contributed by atoms with Gasteiger partial charge in [0, 0.05) is 39.4 Å². The quantitative estimate of drug-likeness (QED) is 0.623. The summed E-state index contributed by atoms with van der Waals surface area (Å²) in [6, 6.07) is 0. The number of piperazine rings is 1. The summed E-state index contributed by atoms with van der Waals surface area (Å²) in [5.74, 6) is -1.31. The first-order valence-electron chi connectivity index (χ1n) is 10.1. The summed E-state index contributed by atoms with van der Waals surface area (Å²) in [5.41, 5.74) is -0.261. The molecule has 1 aromatic heterocycles. The Morgan fingerprint density at radius 2 is 1.90 bits per heavy atom. The van der Waals surface area contributed by atoms with Crippen LogP contribution in [0.2, 0.25) is 5.02 Å². The number of aromatic nitrogens is 1. The van der Waals surface area contributed by atoms with Crippen LogP contribution in [0.5, 0.6) is 5.75 Å². The van der Waals surface area contributed by atoms with Gasteiger partial charge in [-0.05, 0) is 13.5 Å². The van der Waals surface area contributed by atoms with E-state index < -0.39 is 27.2 Å². The average molecular weight is 470 g/mol. The van der Waals surface area contributed by atoms with Gasteiger partial charge in [0.05, 0.1) is 22.5 Å². The molecule has 2 aliphatic heterocycles. The molecule has 1 saturated heterocycles. The van der Waals surface area contributed by atoms with E-state index in [1.54, 1.807) is 14.0 Å². The van der Waals surface area contributed by atoms with Gasteiger partial charge in [0.25, 0.3) is 0 Å². The number of nitrogens with zero attached hydrogens (tertiary/aromatic N) is 3. The lowest BCUT2D eigenvalue weighted by Gasteiger charge is -2.36. The minimum absolute atomic E-state index is 0.0838. The Bertz CT molecular complexity index is 1230. The lowest BCUT2D eigenvalue weighted by molar-refractivity contribution is 0.0524. The molecule has 0 spiro atoms. The van der Waals surface area contributed by atoms with Crippen LogP contribution in [0.1, 0.15) is 24.2 Å². The topological polar surface area (TPSA) is 98.1 Å². The number of esters is 1. The zero-order chi connectivity index (χ0) is 22.5. The summed E-state index contributed by atoms with van der Waals surface area (Å²) in [5, 5.41) is 0.0901. The first kappa shape index (κ1) is 21.9. The highest BCUT2D eigenvalue weighted by Gasteiger charge is 2.39. The highest BCUT2D eigenvalue weighted by Crippen LogP contribution is 2.49. The predicted octanol–water partition coefficient (Wildman–Crippen LogP) is 1.63. The van der Waals surface area contributed by atoms with Crippen molar-refractivity contribution >= 4 is 44.0 Å². The van der Waals surface area contributed by atoms with Gasteiger partial charge in [-0.3, -0.25) is 4.79 Å². The molecule has 31 heavy (non-hydrogen) atoms. The fourth-order valence-corrected chi connectivity index (χ4v) is 5.96. The molecule has 0 bridgehead atoms. The van der Waals surface area contributed by atoms with E-state index in [1.165, 1.54) is 10.8 Å². The van der Waals surface area contributed by atoms with E-state index in [0.29, 0.717) is 18.8 Å². The van der Waals surface area contributed by atoms with Crippen LogP contribution in [0.3, 0.4) is 0 Å². The average Bonchev–Trinajstić information content (AvgIpc) is 3.05. The van der Waals surface area contributed by atoms with E-state index in [2.05, 4.69) is 11.8 Å². The number of likely N-dealkylation sites (N-methyl/N-ethyl adjacent to an activating group) is 1. The number of halogens is 1. The van der Waals surface area contributed by atoms with Crippen molar-refractivity contribution in [3.8, 4) is 5.75 Å². The number of carbonyl (C=O) groups is 1. The molecule has 0 saturated carbocycles. The van der Waals surface area contributed by atoms with Crippen molar-refractivity contribution in [1.29, 1.82) is 0 Å². The second kappa shape index (κ2) is 7.99. The molecule has 4 rings (SSSR count). The van der Waals surface area contributed by atoms with Gasteiger partial charge in [0.2, 0.25) is 15.3 Å². The van der Waals surface area contributed by atoms with Crippen LogP contribution < -0.4 is 15.1 Å². The van der Waals surface area contributed by atoms with Crippen molar-refractivity contribution in [1.82, 2.24) is 9.47 Å². The Morgan fingerprint density at radius 3 is 2.52 bits per heavy atom. The number of aryl methyl sites for hydroxylation is 1. The number of hydrogen-bond acceptors (Lipinski definition) is 8. The molecular formula is C20H24ClN3O6S. The molecule has 168 valence electrons. The van der Waals surface area contributed by atoms with Crippen LogP contribution in [0.4, 0.5) is 5.69 Å². The van der Waals surface area contributed by atoms with Gasteiger partial charge in [-0.2, -0.15) is 0 Å². The molecule has 0 atom stereocenters. The van der Waals surface area contributed by atoms with Gasteiger partial charge in [0.1, 0.15) is 16.1 Å². The summed E-state index contributed by atoms with van der Waals surface area (Å²) < 4.78 is 37.9. The van der Waals surface area contributed by atoms with Gasteiger partial charge in [-0.1, -0.05) is 18.5 Å². The minimum atomic E-state index is -3.90. The van der Waals surface area contributed by atoms with E-state index in [9.17, 15) is 18.0 Å². The molecule has 0 radical (unpaired) electrons. The lowest BCUT2D eigenvalue weighted by Crippen LogP contribution is -2.46. The summed E-state index contributed by atoms with van der Waals surface area (Å²) in [4.78, 5) is 29.6. The van der Waals surface area contributed by atoms with E-state index >= 15 is 0 Å². The number of carbonyl (C=O) groups excluding carboxylic acids is 1. The van der Waals surface area contributed by atoms with Crippen molar-refractivity contribution in [2.45, 2.75) is 18.7 Å². The van der Waals surface area contributed by atoms with Crippen LogP contribution in [0, 0.1) is 0 Å². The zero-order valence-electron chi connectivity index (χ0n) is 17.6. The second-order valence-corrected chi connectivity index (χ2v) is 9.80. The van der Waals surface area contributed by atoms with Crippen molar-refractivity contribution in [2.75, 3.05) is 50.2 Å². The maximum atomic E-state index is 13.3. The van der Waals surface area contributed by atoms with Crippen molar-refractivity contribution in [3.05, 3.63) is 27.0 Å². The largest absolute Gasteiger partial charge is 0.474 e. The summed E-state index contributed by atoms with van der Waals surface area (Å²) >= 11 is 6.79. The molecular weight excluding hydrogens is 446 g/mol. The highest BCUT2D eigenvalue weighted by molar-refractivity contribution is 7.91. The van der Waals surface area contributed by atoms with Gasteiger partial charge >= 0.3 is 5.97 Å². The third-order valence-electron chi connectivity index (χ3n) is 5.75. The smallest absolute Gasteiger partial charge is 0.343 e. The number of sulfone groups is 1. The van der Waals surface area contributed by atoms with Crippen molar-refractivity contribution in [2.24, 2.45) is 7.05 Å². The molecule has 11 heteroatoms. The summed E-state index contributed by atoms with van der Waals surface area (Å²) in [6.07, 6.45) is 1.34. The number of rotatable bonds is 4. The van der Waals surface area contributed by atoms with E-state index in [1.807, 2.05) is 4.90 Å². The van der Waals surface area contributed by atoms with Crippen molar-refractivity contribution < 1.29 is 22.7 Å². The molecule has 1 fully saturated rings. The highest BCUT2D eigenvalue weighted by atomic mass is 35.5. The van der Waals surface area contributed by atoms with Gasteiger partial charge < -0.3 is 23.8 Å².